The maximum absolute atomic E-state index is 12.4. The van der Waals surface area contributed by atoms with Crippen LogP contribution in [0.3, 0.4) is 0 Å². The second-order valence-corrected chi connectivity index (χ2v) is 8.84. The van der Waals surface area contributed by atoms with Crippen LogP contribution in [0.5, 0.6) is 0 Å². The first-order chi connectivity index (χ1) is 11.8. The highest BCUT2D eigenvalue weighted by atomic mass is 32.2. The molecule has 5 nitrogen and oxygen atoms in total. The number of benzene rings is 1. The van der Waals surface area contributed by atoms with Crippen LogP contribution in [-0.4, -0.2) is 35.0 Å². The van der Waals surface area contributed by atoms with Gasteiger partial charge in [-0.3, -0.25) is 4.18 Å². The van der Waals surface area contributed by atoms with Crippen molar-refractivity contribution in [1.82, 2.24) is 0 Å². The van der Waals surface area contributed by atoms with E-state index in [2.05, 4.69) is 6.92 Å². The lowest BCUT2D eigenvalue weighted by molar-refractivity contribution is -0.119. The second-order valence-electron chi connectivity index (χ2n) is 7.22. The molecule has 0 N–H and O–H groups in total. The first-order valence-corrected chi connectivity index (χ1v) is 10.3. The Morgan fingerprint density at radius 3 is 2.52 bits per heavy atom. The molecule has 1 aromatic rings. The molecule has 142 valence electrons. The fourth-order valence-corrected chi connectivity index (χ4v) is 4.44. The van der Waals surface area contributed by atoms with Crippen LogP contribution >= 0.6 is 0 Å². The van der Waals surface area contributed by atoms with Crippen LogP contribution < -0.4 is 0 Å². The van der Waals surface area contributed by atoms with Gasteiger partial charge < -0.3 is 9.47 Å². The van der Waals surface area contributed by atoms with E-state index in [0.717, 1.165) is 24.8 Å². The van der Waals surface area contributed by atoms with Crippen LogP contribution in [0, 0.1) is 24.7 Å². The molecule has 0 radical (unpaired) electrons. The van der Waals surface area contributed by atoms with E-state index in [4.69, 9.17) is 13.7 Å². The zero-order valence-electron chi connectivity index (χ0n) is 15.6. The zero-order valence-corrected chi connectivity index (χ0v) is 16.4. The summed E-state index contributed by atoms with van der Waals surface area (Å²) in [4.78, 5) is 0.203. The van der Waals surface area contributed by atoms with Crippen molar-refractivity contribution in [2.24, 2.45) is 17.8 Å². The van der Waals surface area contributed by atoms with Gasteiger partial charge in [0.05, 0.1) is 17.6 Å². The van der Waals surface area contributed by atoms with Crippen LogP contribution in [0.25, 0.3) is 0 Å². The van der Waals surface area contributed by atoms with Gasteiger partial charge >= 0.3 is 0 Å². The van der Waals surface area contributed by atoms with Gasteiger partial charge in [0.1, 0.15) is 6.79 Å². The quantitative estimate of drug-likeness (QED) is 0.515. The molecule has 0 heterocycles. The largest absolute Gasteiger partial charge is 0.359 e. The number of methoxy groups -OCH3 is 1. The fourth-order valence-electron chi connectivity index (χ4n) is 3.44. The predicted molar refractivity (Wildman–Crippen MR) is 96.7 cm³/mol. The van der Waals surface area contributed by atoms with Gasteiger partial charge in [-0.25, -0.2) is 0 Å². The molecule has 1 fully saturated rings. The van der Waals surface area contributed by atoms with Gasteiger partial charge in [0.15, 0.2) is 0 Å². The van der Waals surface area contributed by atoms with Crippen molar-refractivity contribution in [2.45, 2.75) is 51.0 Å². The molecular weight excluding hydrogens is 340 g/mol. The van der Waals surface area contributed by atoms with E-state index in [-0.39, 0.29) is 36.2 Å². The first-order valence-electron chi connectivity index (χ1n) is 8.90. The van der Waals surface area contributed by atoms with Gasteiger partial charge in [-0.15, -0.1) is 0 Å². The molecule has 0 bridgehead atoms. The lowest BCUT2D eigenvalue weighted by Gasteiger charge is -2.37. The van der Waals surface area contributed by atoms with E-state index < -0.39 is 10.1 Å². The Bertz CT molecular complexity index is 626. The van der Waals surface area contributed by atoms with E-state index in [1.54, 1.807) is 31.4 Å². The summed E-state index contributed by atoms with van der Waals surface area (Å²) in [5.74, 6) is 0.983. The summed E-state index contributed by atoms with van der Waals surface area (Å²) in [6, 6.07) is 6.72. The molecule has 0 saturated heterocycles. The van der Waals surface area contributed by atoms with E-state index in [1.165, 1.54) is 0 Å². The first kappa shape index (κ1) is 20.4. The normalized spacial score (nSPS) is 25.7. The minimum absolute atomic E-state index is 0.0874. The average Bonchev–Trinajstić information content (AvgIpc) is 2.58. The third-order valence-corrected chi connectivity index (χ3v) is 6.33. The van der Waals surface area contributed by atoms with E-state index in [9.17, 15) is 8.42 Å². The van der Waals surface area contributed by atoms with Gasteiger partial charge in [0, 0.05) is 7.11 Å². The summed E-state index contributed by atoms with van der Waals surface area (Å²) in [6.07, 6.45) is 3.21. The van der Waals surface area contributed by atoms with Crippen molar-refractivity contribution < 1.29 is 22.1 Å². The smallest absolute Gasteiger partial charge is 0.296 e. The van der Waals surface area contributed by atoms with Crippen molar-refractivity contribution in [3.8, 4) is 0 Å². The van der Waals surface area contributed by atoms with Gasteiger partial charge in [-0.2, -0.15) is 8.42 Å². The molecule has 4 atom stereocenters. The number of aryl methyl sites for hydroxylation is 1. The van der Waals surface area contributed by atoms with E-state index in [1.807, 2.05) is 13.8 Å². The molecule has 0 aromatic heterocycles. The molecule has 1 saturated carbocycles. The third-order valence-electron chi connectivity index (χ3n) is 5.03. The van der Waals surface area contributed by atoms with Crippen LogP contribution in [-0.2, 0) is 23.8 Å². The number of rotatable bonds is 8. The summed E-state index contributed by atoms with van der Waals surface area (Å²) in [5.41, 5.74) is 1.02. The standard InChI is InChI=1S/C19H30O5S/c1-14-5-8-17(9-6-14)25(20,21)24-12-16(3)18-10-7-15(2)11-19(18)23-13-22-4/h5-6,8-9,15-16,18-19H,7,10-13H2,1-4H3/t15-,16-,18+,19+/m1/s1. The minimum atomic E-state index is -3.72. The Labute approximate surface area is 151 Å². The molecule has 6 heteroatoms. The molecule has 0 unspecified atom stereocenters. The lowest BCUT2D eigenvalue weighted by atomic mass is 9.75. The summed E-state index contributed by atoms with van der Waals surface area (Å²) >= 11 is 0. The van der Waals surface area contributed by atoms with Gasteiger partial charge in [-0.1, -0.05) is 38.0 Å². The lowest BCUT2D eigenvalue weighted by Crippen LogP contribution is -2.37. The van der Waals surface area contributed by atoms with Gasteiger partial charge in [-0.05, 0) is 49.7 Å². The molecule has 1 aliphatic rings. The molecule has 0 spiro atoms. The fraction of sp³-hybridized carbons (Fsp3) is 0.684. The summed E-state index contributed by atoms with van der Waals surface area (Å²) < 4.78 is 40.9. The molecule has 25 heavy (non-hydrogen) atoms. The highest BCUT2D eigenvalue weighted by Gasteiger charge is 2.34. The van der Waals surface area contributed by atoms with Crippen molar-refractivity contribution in [3.05, 3.63) is 29.8 Å². The summed E-state index contributed by atoms with van der Waals surface area (Å²) in [7, 11) is -2.11. The number of ether oxygens (including phenoxy) is 2. The Morgan fingerprint density at radius 2 is 1.88 bits per heavy atom. The maximum Gasteiger partial charge on any atom is 0.296 e. The van der Waals surface area contributed by atoms with Crippen LogP contribution in [0.15, 0.2) is 29.2 Å². The topological polar surface area (TPSA) is 61.8 Å². The predicted octanol–water partition coefficient (Wildman–Crippen LogP) is 3.76. The second kappa shape index (κ2) is 9.12. The number of hydrogen-bond acceptors (Lipinski definition) is 5. The minimum Gasteiger partial charge on any atom is -0.359 e. The van der Waals surface area contributed by atoms with E-state index >= 15 is 0 Å². The van der Waals surface area contributed by atoms with Crippen molar-refractivity contribution >= 4 is 10.1 Å². The Balaban J connectivity index is 1.97. The van der Waals surface area contributed by atoms with E-state index in [0.29, 0.717) is 5.92 Å². The monoisotopic (exact) mass is 370 g/mol. The maximum atomic E-state index is 12.4. The highest BCUT2D eigenvalue weighted by Crippen LogP contribution is 2.36. The molecule has 0 amide bonds. The van der Waals surface area contributed by atoms with Gasteiger partial charge in [0.2, 0.25) is 0 Å². The molecule has 2 rings (SSSR count). The van der Waals surface area contributed by atoms with Crippen molar-refractivity contribution in [2.75, 3.05) is 20.5 Å². The zero-order chi connectivity index (χ0) is 18.4. The third kappa shape index (κ3) is 5.78. The molecule has 0 aliphatic heterocycles. The van der Waals surface area contributed by atoms with Crippen LogP contribution in [0.4, 0.5) is 0 Å². The SMILES string of the molecule is COCO[C@H]1C[C@H](C)CC[C@H]1[C@H](C)COS(=O)(=O)c1ccc(C)cc1. The Morgan fingerprint density at radius 1 is 1.20 bits per heavy atom. The van der Waals surface area contributed by atoms with Gasteiger partial charge in [0.25, 0.3) is 10.1 Å². The Kier molecular flexibility index (Phi) is 7.43. The molecule has 1 aromatic carbocycles. The van der Waals surface area contributed by atoms with Crippen molar-refractivity contribution in [3.63, 3.8) is 0 Å². The Hall–Kier alpha value is -0.950. The summed E-state index contributed by atoms with van der Waals surface area (Å²) in [6.45, 7) is 6.62. The average molecular weight is 371 g/mol. The van der Waals surface area contributed by atoms with Crippen LogP contribution in [0.2, 0.25) is 0 Å². The highest BCUT2D eigenvalue weighted by molar-refractivity contribution is 7.86. The van der Waals surface area contributed by atoms with Crippen LogP contribution in [0.1, 0.15) is 38.7 Å². The summed E-state index contributed by atoms with van der Waals surface area (Å²) in [5, 5.41) is 0. The number of hydrogen-bond donors (Lipinski definition) is 0. The van der Waals surface area contributed by atoms with Crippen molar-refractivity contribution in [1.29, 1.82) is 0 Å². The molecular formula is C19H30O5S. The molecule has 1 aliphatic carbocycles.